The van der Waals surface area contributed by atoms with Crippen molar-refractivity contribution in [1.82, 2.24) is 77.2 Å². The summed E-state index contributed by atoms with van der Waals surface area (Å²) in [6.45, 7) is 14.3. The summed E-state index contributed by atoms with van der Waals surface area (Å²) in [6, 6.07) is 22.3. The van der Waals surface area contributed by atoms with Crippen LogP contribution in [0.5, 0.6) is 0 Å². The Kier molecular flexibility index (Phi) is 14.2. The van der Waals surface area contributed by atoms with Gasteiger partial charge in [-0.25, -0.2) is 39.9 Å². The highest BCUT2D eigenvalue weighted by atomic mass is 15.1. The van der Waals surface area contributed by atoms with Gasteiger partial charge in [0.25, 0.3) is 0 Å². The average molecular weight is 895 g/mol. The minimum Gasteiger partial charge on any atom is -0.348 e. The summed E-state index contributed by atoms with van der Waals surface area (Å²) in [5.74, 6) is 4.04. The fraction of sp³-hybridized carbons (Fsp3) is 0.255. The third kappa shape index (κ3) is 10.1. The van der Waals surface area contributed by atoms with Gasteiger partial charge >= 0.3 is 0 Å². The molecular weight excluding hydrogens is 837 g/mol. The Morgan fingerprint density at radius 1 is 0.403 bits per heavy atom. The van der Waals surface area contributed by atoms with Crippen LogP contribution in [0.25, 0.3) is 66.3 Å². The number of nitrogens with zero attached hydrogens (tertiary/aromatic N) is 16. The zero-order valence-corrected chi connectivity index (χ0v) is 40.6. The first-order chi connectivity index (χ1) is 32.2. The standard InChI is InChI=1S/C11H13N.5C8H9N3/c1-8-9(2)12(3)11-7-5-4-6-10(8)11;1-6-3-7-4-9-5-10-8(7)11(6)2;1-6-10-7-5-9-4-3-8(7)11(6)2;1-6-10-7-3-4-9-5-8(7)11(6)2;1-6-10-8-7(11(6)2)4-3-5-9-8;1-6-10-7-4-3-5-9-8(7)11(6)2/h4-7H,1-3H3;5*3-5H,1-2H3. The normalized spacial score (nSPS) is 10.8. The van der Waals surface area contributed by atoms with Crippen LogP contribution < -0.4 is 0 Å². The Morgan fingerprint density at radius 2 is 1.01 bits per heavy atom. The fourth-order valence-corrected chi connectivity index (χ4v) is 7.52. The number of aromatic nitrogens is 16. The number of hydrogen-bond acceptors (Lipinski definition) is 10. The third-order valence-corrected chi connectivity index (χ3v) is 12.2. The molecular formula is C51H58N16. The molecule has 11 aromatic heterocycles. The zero-order chi connectivity index (χ0) is 47.9. The van der Waals surface area contributed by atoms with Crippen molar-refractivity contribution in [2.45, 2.75) is 48.5 Å². The minimum atomic E-state index is 0.826. The molecule has 0 radical (unpaired) electrons. The number of benzene rings is 1. The molecule has 0 bridgehead atoms. The molecule has 0 atom stereocenters. The van der Waals surface area contributed by atoms with Crippen LogP contribution >= 0.6 is 0 Å². The first-order valence-electron chi connectivity index (χ1n) is 21.8. The lowest BCUT2D eigenvalue weighted by Crippen LogP contribution is -1.91. The molecule has 16 heteroatoms. The maximum Gasteiger partial charge on any atom is 0.177 e. The number of fused-ring (bicyclic) bond motifs is 6. The van der Waals surface area contributed by atoms with E-state index in [1.165, 1.54) is 27.9 Å². The molecule has 12 rings (SSSR count). The molecule has 0 saturated carbocycles. The number of imidazole rings is 4. The van der Waals surface area contributed by atoms with Crippen molar-refractivity contribution in [2.24, 2.45) is 42.3 Å². The molecule has 0 fully saturated rings. The number of aryl methyl sites for hydroxylation is 12. The molecule has 1 aromatic carbocycles. The van der Waals surface area contributed by atoms with E-state index in [1.54, 1.807) is 37.3 Å². The largest absolute Gasteiger partial charge is 0.348 e. The van der Waals surface area contributed by atoms with Crippen LogP contribution in [0, 0.1) is 48.5 Å². The molecule has 0 unspecified atom stereocenters. The Balaban J connectivity index is 0.000000119. The highest BCUT2D eigenvalue weighted by molar-refractivity contribution is 5.85. The van der Waals surface area contributed by atoms with E-state index in [0.29, 0.717) is 0 Å². The van der Waals surface area contributed by atoms with Gasteiger partial charge in [0, 0.05) is 101 Å². The Hall–Kier alpha value is -8.14. The fourth-order valence-electron chi connectivity index (χ4n) is 7.52. The van der Waals surface area contributed by atoms with Crippen LogP contribution in [0.15, 0.2) is 116 Å². The van der Waals surface area contributed by atoms with Crippen molar-refractivity contribution < 1.29 is 0 Å². The maximum atomic E-state index is 4.34. The van der Waals surface area contributed by atoms with E-state index in [-0.39, 0.29) is 0 Å². The molecule has 16 nitrogen and oxygen atoms in total. The van der Waals surface area contributed by atoms with Crippen LogP contribution in [-0.4, -0.2) is 77.2 Å². The van der Waals surface area contributed by atoms with Gasteiger partial charge in [-0.2, -0.15) is 0 Å². The van der Waals surface area contributed by atoms with Crippen LogP contribution in [0.2, 0.25) is 0 Å². The van der Waals surface area contributed by atoms with E-state index < -0.39 is 0 Å². The van der Waals surface area contributed by atoms with Crippen molar-refractivity contribution in [2.75, 3.05) is 0 Å². The van der Waals surface area contributed by atoms with Gasteiger partial charge < -0.3 is 27.4 Å². The Bertz CT molecular complexity index is 3100. The number of pyridine rings is 4. The van der Waals surface area contributed by atoms with E-state index in [4.69, 9.17) is 0 Å². The lowest BCUT2D eigenvalue weighted by atomic mass is 10.2. The molecule has 0 aliphatic carbocycles. The van der Waals surface area contributed by atoms with Gasteiger partial charge in [0.05, 0.1) is 34.5 Å². The quantitative estimate of drug-likeness (QED) is 0.144. The van der Waals surface area contributed by atoms with Gasteiger partial charge in [0.15, 0.2) is 11.3 Å². The van der Waals surface area contributed by atoms with Crippen molar-refractivity contribution >= 4 is 66.3 Å². The summed E-state index contributed by atoms with van der Waals surface area (Å²) < 4.78 is 12.4. The van der Waals surface area contributed by atoms with Crippen LogP contribution in [0.4, 0.5) is 0 Å². The second kappa shape index (κ2) is 20.4. The van der Waals surface area contributed by atoms with Gasteiger partial charge in [-0.3, -0.25) is 9.97 Å². The Labute approximate surface area is 389 Å². The molecule has 11 heterocycles. The van der Waals surface area contributed by atoms with Crippen molar-refractivity contribution in [3.05, 3.63) is 157 Å². The molecule has 342 valence electrons. The lowest BCUT2D eigenvalue weighted by Gasteiger charge is -1.96. The topological polar surface area (TPSA) is 158 Å². The molecule has 0 aliphatic rings. The highest BCUT2D eigenvalue weighted by Crippen LogP contribution is 2.23. The van der Waals surface area contributed by atoms with E-state index in [9.17, 15) is 0 Å². The van der Waals surface area contributed by atoms with Gasteiger partial charge in [-0.05, 0) is 103 Å². The molecule has 0 aliphatic heterocycles. The number of hydrogen-bond donors (Lipinski definition) is 0. The van der Waals surface area contributed by atoms with Crippen molar-refractivity contribution in [3.8, 4) is 0 Å². The summed E-state index contributed by atoms with van der Waals surface area (Å²) in [7, 11) is 12.1. The maximum absolute atomic E-state index is 4.34. The SMILES string of the molecule is Cc1c(C)n(C)c2ccccc12.Cc1cc2cncnc2n1C.Cc1nc2cccnc2n1C.Cc1nc2ccncc2n1C.Cc1nc2cnccc2n1C.Cc1nc2ncccc2n1C. The third-order valence-electron chi connectivity index (χ3n) is 12.2. The molecule has 0 amide bonds. The predicted molar refractivity (Wildman–Crippen MR) is 269 cm³/mol. The summed E-state index contributed by atoms with van der Waals surface area (Å²) in [4.78, 5) is 41.7. The van der Waals surface area contributed by atoms with Crippen LogP contribution in [-0.2, 0) is 42.3 Å². The first-order valence-corrected chi connectivity index (χ1v) is 21.8. The average Bonchev–Trinajstić information content (AvgIpc) is 4.13. The summed E-state index contributed by atoms with van der Waals surface area (Å²) in [5.41, 5.74) is 14.3. The predicted octanol–water partition coefficient (Wildman–Crippen LogP) is 9.18. The minimum absolute atomic E-state index is 0.826. The number of rotatable bonds is 0. The zero-order valence-electron chi connectivity index (χ0n) is 40.6. The number of para-hydroxylation sites is 1. The summed E-state index contributed by atoms with van der Waals surface area (Å²) >= 11 is 0. The molecule has 0 saturated heterocycles. The first kappa shape index (κ1) is 46.8. The highest BCUT2D eigenvalue weighted by Gasteiger charge is 2.07. The van der Waals surface area contributed by atoms with Gasteiger partial charge in [-0.15, -0.1) is 0 Å². The second-order valence-corrected chi connectivity index (χ2v) is 16.2. The van der Waals surface area contributed by atoms with Crippen molar-refractivity contribution in [3.63, 3.8) is 0 Å². The molecule has 67 heavy (non-hydrogen) atoms. The summed E-state index contributed by atoms with van der Waals surface area (Å²) in [5, 5.41) is 2.48. The van der Waals surface area contributed by atoms with E-state index in [1.807, 2.05) is 125 Å². The van der Waals surface area contributed by atoms with Gasteiger partial charge in [0.2, 0.25) is 0 Å². The van der Waals surface area contributed by atoms with Crippen LogP contribution in [0.3, 0.4) is 0 Å². The van der Waals surface area contributed by atoms with Crippen LogP contribution in [0.1, 0.15) is 40.2 Å². The van der Waals surface area contributed by atoms with Crippen molar-refractivity contribution in [1.29, 1.82) is 0 Å². The van der Waals surface area contributed by atoms with Gasteiger partial charge in [0.1, 0.15) is 46.3 Å². The summed E-state index contributed by atoms with van der Waals surface area (Å²) in [6.07, 6.45) is 14.1. The second-order valence-electron chi connectivity index (χ2n) is 16.2. The van der Waals surface area contributed by atoms with E-state index >= 15 is 0 Å². The molecule has 0 N–H and O–H groups in total. The smallest absolute Gasteiger partial charge is 0.177 e. The molecule has 0 spiro atoms. The molecule has 12 aromatic rings. The van der Waals surface area contributed by atoms with E-state index in [2.05, 4.69) is 122 Å². The Morgan fingerprint density at radius 3 is 1.72 bits per heavy atom. The monoisotopic (exact) mass is 895 g/mol. The lowest BCUT2D eigenvalue weighted by molar-refractivity contribution is 0.874. The van der Waals surface area contributed by atoms with E-state index in [0.717, 1.165) is 78.7 Å². The van der Waals surface area contributed by atoms with Gasteiger partial charge in [-0.1, -0.05) is 18.2 Å².